The highest BCUT2D eigenvalue weighted by Crippen LogP contribution is 2.43. The van der Waals surface area contributed by atoms with E-state index in [1.54, 1.807) is 6.07 Å². The Morgan fingerprint density at radius 2 is 1.94 bits per heavy atom. The first-order valence-electron chi connectivity index (χ1n) is 6.21. The molecule has 0 unspecified atom stereocenters. The average molecular weight is 248 g/mol. The molecule has 0 amide bonds. The van der Waals surface area contributed by atoms with Crippen molar-refractivity contribution in [2.45, 2.75) is 45.4 Å². The van der Waals surface area contributed by atoms with Crippen molar-refractivity contribution in [2.24, 2.45) is 5.41 Å². The molecular formula is C15H18ClN. The number of benzene rings is 1. The maximum atomic E-state index is 8.82. The highest BCUT2D eigenvalue weighted by Gasteiger charge is 2.28. The van der Waals surface area contributed by atoms with E-state index < -0.39 is 0 Å². The average Bonchev–Trinajstić information content (AvgIpc) is 2.29. The summed E-state index contributed by atoms with van der Waals surface area (Å²) in [5.41, 5.74) is 2.35. The molecule has 1 aromatic carbocycles. The van der Waals surface area contributed by atoms with Crippen LogP contribution in [0.15, 0.2) is 18.2 Å². The summed E-state index contributed by atoms with van der Waals surface area (Å²) in [6.07, 6.45) is 4.93. The Kier molecular flexibility index (Phi) is 3.45. The van der Waals surface area contributed by atoms with Crippen molar-refractivity contribution >= 4 is 11.6 Å². The number of hydrogen-bond donors (Lipinski definition) is 0. The number of hydrogen-bond acceptors (Lipinski definition) is 1. The van der Waals surface area contributed by atoms with Gasteiger partial charge in [0.2, 0.25) is 0 Å². The highest BCUT2D eigenvalue weighted by molar-refractivity contribution is 6.31. The van der Waals surface area contributed by atoms with E-state index in [4.69, 9.17) is 16.9 Å². The molecule has 1 aliphatic rings. The minimum absolute atomic E-state index is 0.482. The first-order chi connectivity index (χ1) is 8.02. The van der Waals surface area contributed by atoms with Crippen LogP contribution in [0.2, 0.25) is 5.02 Å². The SMILES string of the molecule is CC1(C)CCC(c2ccc(C#N)cc2Cl)CC1. The van der Waals surface area contributed by atoms with Crippen LogP contribution in [0.5, 0.6) is 0 Å². The van der Waals surface area contributed by atoms with Crippen LogP contribution >= 0.6 is 11.6 Å². The lowest BCUT2D eigenvalue weighted by Crippen LogP contribution is -2.20. The molecule has 1 nitrogen and oxygen atoms in total. The zero-order chi connectivity index (χ0) is 12.5. The molecule has 0 heterocycles. The van der Waals surface area contributed by atoms with Crippen LogP contribution in [-0.4, -0.2) is 0 Å². The predicted octanol–water partition coefficient (Wildman–Crippen LogP) is 4.90. The van der Waals surface area contributed by atoms with E-state index in [9.17, 15) is 0 Å². The molecule has 0 spiro atoms. The van der Waals surface area contributed by atoms with Gasteiger partial charge < -0.3 is 0 Å². The largest absolute Gasteiger partial charge is 0.192 e. The third kappa shape index (κ3) is 2.82. The van der Waals surface area contributed by atoms with E-state index >= 15 is 0 Å². The Morgan fingerprint density at radius 3 is 2.47 bits per heavy atom. The summed E-state index contributed by atoms with van der Waals surface area (Å²) in [4.78, 5) is 0. The number of rotatable bonds is 1. The first kappa shape index (κ1) is 12.5. The quantitative estimate of drug-likeness (QED) is 0.693. The smallest absolute Gasteiger partial charge is 0.0992 e. The monoisotopic (exact) mass is 247 g/mol. The molecule has 2 heteroatoms. The molecule has 0 N–H and O–H groups in total. The minimum Gasteiger partial charge on any atom is -0.192 e. The lowest BCUT2D eigenvalue weighted by atomic mass is 9.71. The van der Waals surface area contributed by atoms with Crippen molar-refractivity contribution in [1.29, 1.82) is 5.26 Å². The van der Waals surface area contributed by atoms with Crippen LogP contribution in [-0.2, 0) is 0 Å². The van der Waals surface area contributed by atoms with Gasteiger partial charge in [-0.05, 0) is 54.7 Å². The van der Waals surface area contributed by atoms with Crippen molar-refractivity contribution in [3.63, 3.8) is 0 Å². The second-order valence-electron chi connectivity index (χ2n) is 5.79. The van der Waals surface area contributed by atoms with E-state index in [0.717, 1.165) is 5.02 Å². The van der Waals surface area contributed by atoms with Crippen LogP contribution in [0.1, 0.15) is 56.6 Å². The van der Waals surface area contributed by atoms with E-state index in [0.29, 0.717) is 16.9 Å². The van der Waals surface area contributed by atoms with Crippen molar-refractivity contribution in [1.82, 2.24) is 0 Å². The minimum atomic E-state index is 0.482. The second-order valence-corrected chi connectivity index (χ2v) is 6.19. The van der Waals surface area contributed by atoms with Gasteiger partial charge in [-0.1, -0.05) is 31.5 Å². The third-order valence-electron chi connectivity index (χ3n) is 3.91. The van der Waals surface area contributed by atoms with E-state index in [1.165, 1.54) is 31.2 Å². The van der Waals surface area contributed by atoms with Crippen LogP contribution < -0.4 is 0 Å². The topological polar surface area (TPSA) is 23.8 Å². The van der Waals surface area contributed by atoms with Crippen molar-refractivity contribution in [2.75, 3.05) is 0 Å². The molecule has 1 fully saturated rings. The van der Waals surface area contributed by atoms with Crippen molar-refractivity contribution in [3.05, 3.63) is 34.3 Å². The molecule has 1 saturated carbocycles. The van der Waals surface area contributed by atoms with Crippen LogP contribution in [0.3, 0.4) is 0 Å². The predicted molar refractivity (Wildman–Crippen MR) is 71.2 cm³/mol. The summed E-state index contributed by atoms with van der Waals surface area (Å²) in [7, 11) is 0. The Morgan fingerprint density at radius 1 is 1.29 bits per heavy atom. The maximum absolute atomic E-state index is 8.82. The van der Waals surface area contributed by atoms with Crippen LogP contribution in [0.25, 0.3) is 0 Å². The fourth-order valence-electron chi connectivity index (χ4n) is 2.64. The normalized spacial score (nSPS) is 19.9. The summed E-state index contributed by atoms with van der Waals surface area (Å²) in [6.45, 7) is 4.67. The summed E-state index contributed by atoms with van der Waals surface area (Å²) in [5.74, 6) is 0.572. The molecule has 0 saturated heterocycles. The second kappa shape index (κ2) is 4.70. The zero-order valence-electron chi connectivity index (χ0n) is 10.5. The van der Waals surface area contributed by atoms with Crippen LogP contribution in [0.4, 0.5) is 0 Å². The fraction of sp³-hybridized carbons (Fsp3) is 0.533. The van der Waals surface area contributed by atoms with Gasteiger partial charge in [-0.25, -0.2) is 0 Å². The molecule has 1 aromatic rings. The molecule has 2 rings (SSSR count). The van der Waals surface area contributed by atoms with Gasteiger partial charge in [0.05, 0.1) is 11.6 Å². The molecule has 0 aliphatic heterocycles. The van der Waals surface area contributed by atoms with E-state index in [-0.39, 0.29) is 0 Å². The maximum Gasteiger partial charge on any atom is 0.0992 e. The Hall–Kier alpha value is -1.00. The number of halogens is 1. The van der Waals surface area contributed by atoms with Crippen LogP contribution in [0, 0.1) is 16.7 Å². The molecule has 0 aromatic heterocycles. The van der Waals surface area contributed by atoms with Gasteiger partial charge in [0.25, 0.3) is 0 Å². The van der Waals surface area contributed by atoms with Gasteiger partial charge in [0.15, 0.2) is 0 Å². The molecule has 0 bridgehead atoms. The lowest BCUT2D eigenvalue weighted by molar-refractivity contribution is 0.224. The van der Waals surface area contributed by atoms with Gasteiger partial charge >= 0.3 is 0 Å². The van der Waals surface area contributed by atoms with Crippen molar-refractivity contribution in [3.8, 4) is 6.07 Å². The Balaban J connectivity index is 2.17. The number of nitrogens with zero attached hydrogens (tertiary/aromatic N) is 1. The highest BCUT2D eigenvalue weighted by atomic mass is 35.5. The summed E-state index contributed by atoms with van der Waals surface area (Å²) in [6, 6.07) is 7.82. The molecule has 0 radical (unpaired) electrons. The van der Waals surface area contributed by atoms with Gasteiger partial charge in [-0.2, -0.15) is 5.26 Å². The summed E-state index contributed by atoms with van der Waals surface area (Å²) < 4.78 is 0. The molecule has 1 aliphatic carbocycles. The standard InChI is InChI=1S/C15H18ClN/c1-15(2)7-5-12(6-8-15)13-4-3-11(10-17)9-14(13)16/h3-4,9,12H,5-8H2,1-2H3. The number of nitriles is 1. The molecule has 0 atom stereocenters. The molecule has 90 valence electrons. The van der Waals surface area contributed by atoms with Crippen molar-refractivity contribution < 1.29 is 0 Å². The molecular weight excluding hydrogens is 230 g/mol. The Labute approximate surface area is 108 Å². The van der Waals surface area contributed by atoms with Gasteiger partial charge in [0, 0.05) is 5.02 Å². The first-order valence-corrected chi connectivity index (χ1v) is 6.59. The summed E-state index contributed by atoms with van der Waals surface area (Å²) in [5, 5.41) is 9.58. The van der Waals surface area contributed by atoms with Gasteiger partial charge in [-0.3, -0.25) is 0 Å². The zero-order valence-corrected chi connectivity index (χ0v) is 11.2. The molecule has 17 heavy (non-hydrogen) atoms. The van der Waals surface area contributed by atoms with E-state index in [2.05, 4.69) is 19.9 Å². The van der Waals surface area contributed by atoms with Gasteiger partial charge in [0.1, 0.15) is 0 Å². The van der Waals surface area contributed by atoms with Gasteiger partial charge in [-0.15, -0.1) is 0 Å². The third-order valence-corrected chi connectivity index (χ3v) is 4.24. The Bertz CT molecular complexity index is 446. The summed E-state index contributed by atoms with van der Waals surface area (Å²) >= 11 is 6.26. The lowest BCUT2D eigenvalue weighted by Gasteiger charge is -2.34. The van der Waals surface area contributed by atoms with E-state index in [1.807, 2.05) is 12.1 Å². The fourth-order valence-corrected chi connectivity index (χ4v) is 2.97.